The summed E-state index contributed by atoms with van der Waals surface area (Å²) in [6.45, 7) is 0. The van der Waals surface area contributed by atoms with Crippen LogP contribution in [0.5, 0.6) is 0 Å². The minimum Gasteiger partial charge on any atom is -0.467 e. The van der Waals surface area contributed by atoms with Crippen LogP contribution in [0.2, 0.25) is 0 Å². The van der Waals surface area contributed by atoms with Gasteiger partial charge in [-0.2, -0.15) is 0 Å². The lowest BCUT2D eigenvalue weighted by atomic mass is 10.1. The molecule has 1 atom stereocenters. The van der Waals surface area contributed by atoms with Crippen LogP contribution >= 0.6 is 22.6 Å². The van der Waals surface area contributed by atoms with Gasteiger partial charge in [0.05, 0.1) is 7.11 Å². The molecule has 0 bridgehead atoms. The Morgan fingerprint density at radius 1 is 1.12 bits per heavy atom. The maximum Gasteiger partial charge on any atom is 0.328 e. The molecule has 0 saturated heterocycles. The van der Waals surface area contributed by atoms with Crippen molar-refractivity contribution in [1.82, 2.24) is 5.32 Å². The molecule has 0 saturated carbocycles. The molecule has 0 aliphatic rings. The number of ether oxygens (including phenoxy) is 1. The minimum absolute atomic E-state index is 0.202. The van der Waals surface area contributed by atoms with Gasteiger partial charge in [0.1, 0.15) is 17.7 Å². The van der Waals surface area contributed by atoms with E-state index in [1.165, 1.54) is 7.11 Å². The molecule has 0 heterocycles. The first-order valence-corrected chi connectivity index (χ1v) is 8.06. The Kier molecular flexibility index (Phi) is 6.24. The van der Waals surface area contributed by atoms with E-state index in [4.69, 9.17) is 0 Å². The Morgan fingerprint density at radius 3 is 2.25 bits per heavy atom. The van der Waals surface area contributed by atoms with E-state index >= 15 is 0 Å². The SMILES string of the molecule is COC(=O)[C@H](Cc1ccc(I)cc1)NC(=O)c1cc(F)cc(F)c1. The van der Waals surface area contributed by atoms with Gasteiger partial charge in [0, 0.05) is 21.6 Å². The molecule has 2 aromatic rings. The summed E-state index contributed by atoms with van der Waals surface area (Å²) in [5.41, 5.74) is 0.612. The molecule has 1 N–H and O–H groups in total. The van der Waals surface area contributed by atoms with Gasteiger partial charge in [-0.3, -0.25) is 4.79 Å². The molecule has 126 valence electrons. The van der Waals surface area contributed by atoms with Gasteiger partial charge in [-0.05, 0) is 52.4 Å². The molecule has 7 heteroatoms. The third kappa shape index (κ3) is 4.98. The van der Waals surface area contributed by atoms with Crippen LogP contribution in [0.4, 0.5) is 8.78 Å². The van der Waals surface area contributed by atoms with Crippen LogP contribution in [0.25, 0.3) is 0 Å². The zero-order chi connectivity index (χ0) is 17.7. The zero-order valence-corrected chi connectivity index (χ0v) is 14.8. The normalized spacial score (nSPS) is 11.7. The van der Waals surface area contributed by atoms with Crippen LogP contribution in [0.15, 0.2) is 42.5 Å². The largest absolute Gasteiger partial charge is 0.467 e. The summed E-state index contributed by atoms with van der Waals surface area (Å²) in [6, 6.07) is 8.89. The van der Waals surface area contributed by atoms with E-state index in [-0.39, 0.29) is 12.0 Å². The molecule has 0 aliphatic carbocycles. The molecule has 24 heavy (non-hydrogen) atoms. The monoisotopic (exact) mass is 445 g/mol. The van der Waals surface area contributed by atoms with E-state index in [0.29, 0.717) is 6.07 Å². The Bertz CT molecular complexity index is 730. The van der Waals surface area contributed by atoms with Gasteiger partial charge in [0.25, 0.3) is 5.91 Å². The Morgan fingerprint density at radius 2 is 1.71 bits per heavy atom. The molecule has 0 fully saturated rings. The maximum absolute atomic E-state index is 13.2. The van der Waals surface area contributed by atoms with Gasteiger partial charge >= 0.3 is 5.97 Å². The van der Waals surface area contributed by atoms with E-state index in [2.05, 4.69) is 32.6 Å². The molecular formula is C17H14F2INO3. The predicted octanol–water partition coefficient (Wildman–Crippen LogP) is 3.08. The van der Waals surface area contributed by atoms with Crippen molar-refractivity contribution in [3.05, 3.63) is 68.8 Å². The van der Waals surface area contributed by atoms with Gasteiger partial charge in [-0.1, -0.05) is 12.1 Å². The van der Waals surface area contributed by atoms with Gasteiger partial charge in [0.2, 0.25) is 0 Å². The highest BCUT2D eigenvalue weighted by molar-refractivity contribution is 14.1. The fraction of sp³-hybridized carbons (Fsp3) is 0.176. The third-order valence-corrected chi connectivity index (χ3v) is 3.99. The average Bonchev–Trinajstić information content (AvgIpc) is 2.54. The summed E-state index contributed by atoms with van der Waals surface area (Å²) in [6.07, 6.45) is 0.202. The van der Waals surface area contributed by atoms with E-state index in [1.54, 1.807) is 0 Å². The van der Waals surface area contributed by atoms with Gasteiger partial charge in [0.15, 0.2) is 0 Å². The highest BCUT2D eigenvalue weighted by atomic mass is 127. The number of nitrogens with one attached hydrogen (secondary N) is 1. The molecule has 4 nitrogen and oxygen atoms in total. The summed E-state index contributed by atoms with van der Waals surface area (Å²) >= 11 is 2.15. The number of esters is 1. The summed E-state index contributed by atoms with van der Waals surface area (Å²) in [7, 11) is 1.21. The third-order valence-electron chi connectivity index (χ3n) is 3.27. The van der Waals surface area contributed by atoms with Crippen LogP contribution in [0.3, 0.4) is 0 Å². The van der Waals surface area contributed by atoms with Crippen LogP contribution in [-0.4, -0.2) is 25.0 Å². The number of halogens is 3. The number of amides is 1. The molecular weight excluding hydrogens is 431 g/mol. The first-order valence-electron chi connectivity index (χ1n) is 6.98. The van der Waals surface area contributed by atoms with Crippen molar-refractivity contribution >= 4 is 34.5 Å². The highest BCUT2D eigenvalue weighted by Gasteiger charge is 2.23. The van der Waals surface area contributed by atoms with Crippen molar-refractivity contribution in [3.8, 4) is 0 Å². The van der Waals surface area contributed by atoms with Gasteiger partial charge < -0.3 is 10.1 Å². The van der Waals surface area contributed by atoms with Gasteiger partial charge in [-0.15, -0.1) is 0 Å². The lowest BCUT2D eigenvalue weighted by molar-refractivity contribution is -0.142. The van der Waals surface area contributed by atoms with Crippen LogP contribution < -0.4 is 5.32 Å². The molecule has 0 unspecified atom stereocenters. The molecule has 2 rings (SSSR count). The minimum atomic E-state index is -0.964. The van der Waals surface area contributed by atoms with E-state index in [0.717, 1.165) is 21.3 Å². The zero-order valence-electron chi connectivity index (χ0n) is 12.7. The number of hydrogen-bond acceptors (Lipinski definition) is 3. The average molecular weight is 445 g/mol. The van der Waals surface area contributed by atoms with Crippen molar-refractivity contribution in [1.29, 1.82) is 0 Å². The van der Waals surface area contributed by atoms with E-state index in [1.807, 2.05) is 24.3 Å². The van der Waals surface area contributed by atoms with Crippen molar-refractivity contribution in [2.75, 3.05) is 7.11 Å². The second-order valence-corrected chi connectivity index (χ2v) is 6.28. The first kappa shape index (κ1) is 18.3. The molecule has 0 spiro atoms. The van der Waals surface area contributed by atoms with Gasteiger partial charge in [-0.25, -0.2) is 13.6 Å². The standard InChI is InChI=1S/C17H14F2INO3/c1-24-17(23)15(6-10-2-4-14(20)5-3-10)21-16(22)11-7-12(18)9-13(19)8-11/h2-5,7-9,15H,6H2,1H3,(H,21,22)/t15-/m0/s1. The Balaban J connectivity index is 2.17. The molecule has 0 aliphatic heterocycles. The molecule has 0 radical (unpaired) electrons. The fourth-order valence-corrected chi connectivity index (χ4v) is 2.48. The maximum atomic E-state index is 13.2. The quantitative estimate of drug-likeness (QED) is 0.569. The van der Waals surface area contributed by atoms with E-state index in [9.17, 15) is 18.4 Å². The number of methoxy groups -OCH3 is 1. The molecule has 1 amide bonds. The highest BCUT2D eigenvalue weighted by Crippen LogP contribution is 2.12. The topological polar surface area (TPSA) is 55.4 Å². The van der Waals surface area contributed by atoms with Crippen LogP contribution in [0, 0.1) is 15.2 Å². The summed E-state index contributed by atoms with van der Waals surface area (Å²) in [4.78, 5) is 24.1. The second kappa shape index (κ2) is 8.18. The lowest BCUT2D eigenvalue weighted by Crippen LogP contribution is -2.43. The van der Waals surface area contributed by atoms with Crippen molar-refractivity contribution in [2.45, 2.75) is 12.5 Å². The summed E-state index contributed by atoms with van der Waals surface area (Å²) in [5.74, 6) is -3.13. The van der Waals surface area contributed by atoms with Crippen LogP contribution in [-0.2, 0) is 16.0 Å². The molecule has 0 aromatic heterocycles. The first-order chi connectivity index (χ1) is 11.4. The smallest absolute Gasteiger partial charge is 0.328 e. The Labute approximate surface area is 151 Å². The number of carbonyl (C=O) groups is 2. The summed E-state index contributed by atoms with van der Waals surface area (Å²) < 4.78 is 32.2. The predicted molar refractivity (Wildman–Crippen MR) is 92.5 cm³/mol. The van der Waals surface area contributed by atoms with Crippen molar-refractivity contribution < 1.29 is 23.1 Å². The van der Waals surface area contributed by atoms with Crippen LogP contribution in [0.1, 0.15) is 15.9 Å². The molecule has 2 aromatic carbocycles. The number of carbonyl (C=O) groups excluding carboxylic acids is 2. The second-order valence-electron chi connectivity index (χ2n) is 5.04. The lowest BCUT2D eigenvalue weighted by Gasteiger charge is -2.17. The number of rotatable bonds is 5. The van der Waals surface area contributed by atoms with Crippen molar-refractivity contribution in [3.63, 3.8) is 0 Å². The number of benzene rings is 2. The number of hydrogen-bond donors (Lipinski definition) is 1. The van der Waals surface area contributed by atoms with Crippen molar-refractivity contribution in [2.24, 2.45) is 0 Å². The van der Waals surface area contributed by atoms with E-state index < -0.39 is 29.6 Å². The summed E-state index contributed by atoms with van der Waals surface area (Å²) in [5, 5.41) is 2.45. The Hall–Kier alpha value is -2.03. The fourth-order valence-electron chi connectivity index (χ4n) is 2.12.